The fraction of sp³-hybridized carbons (Fsp3) is 0.929. The summed E-state index contributed by atoms with van der Waals surface area (Å²) in [7, 11) is 0. The molecule has 0 spiro atoms. The van der Waals surface area contributed by atoms with E-state index in [1.165, 1.54) is 56.3 Å². The third-order valence-corrected chi connectivity index (χ3v) is 22.9. The van der Waals surface area contributed by atoms with Gasteiger partial charge in [0, 0.05) is 0 Å². The van der Waals surface area contributed by atoms with E-state index in [1.807, 2.05) is 20.1 Å². The quantitative estimate of drug-likeness (QED) is 0.152. The van der Waals surface area contributed by atoms with Gasteiger partial charge >= 0.3 is 215 Å². The van der Waals surface area contributed by atoms with Crippen molar-refractivity contribution in [3.8, 4) is 0 Å². The number of allylic oxidation sites excluding steroid dienone is 1. The molecule has 2 fully saturated rings. The van der Waals surface area contributed by atoms with Gasteiger partial charge in [-0.1, -0.05) is 0 Å². The van der Waals surface area contributed by atoms with Crippen molar-refractivity contribution in [2.24, 2.45) is 0 Å². The van der Waals surface area contributed by atoms with Gasteiger partial charge in [0.2, 0.25) is 0 Å². The summed E-state index contributed by atoms with van der Waals surface area (Å²) in [6.07, 6.45) is 15.8. The molecule has 0 bridgehead atoms. The van der Waals surface area contributed by atoms with Crippen LogP contribution in [-0.2, 0) is 18.9 Å². The molecular weight excluding hydrogens is 535 g/mol. The second-order valence-electron chi connectivity index (χ2n) is 11.1. The Labute approximate surface area is 214 Å². The van der Waals surface area contributed by atoms with Crippen LogP contribution in [0.1, 0.15) is 98.8 Å². The predicted octanol–water partition coefficient (Wildman–Crippen LogP) is 7.21. The molecule has 0 aromatic heterocycles. The number of rotatable bonds is 16. The second-order valence-corrected chi connectivity index (χ2v) is 25.1. The number of unbranched alkanes of at least 4 members (excludes halogenated alkanes) is 3. The van der Waals surface area contributed by atoms with Crippen LogP contribution >= 0.6 is 0 Å². The van der Waals surface area contributed by atoms with Gasteiger partial charge < -0.3 is 0 Å². The third kappa shape index (κ3) is 10.3. The number of fused-ring (bicyclic) bond motifs is 1. The Bertz CT molecular complexity index is 545. The fourth-order valence-electron chi connectivity index (χ4n) is 5.56. The van der Waals surface area contributed by atoms with Gasteiger partial charge in [-0.25, -0.2) is 0 Å². The van der Waals surface area contributed by atoms with Gasteiger partial charge in [-0.15, -0.1) is 0 Å². The summed E-state index contributed by atoms with van der Waals surface area (Å²) in [4.78, 5) is 0. The Balaban J connectivity index is 2.03. The molecule has 2 saturated heterocycles. The number of ether oxygens (including phenoxy) is 4. The molecule has 1 N–H and O–H groups in total. The van der Waals surface area contributed by atoms with E-state index in [0.717, 1.165) is 25.7 Å². The van der Waals surface area contributed by atoms with Gasteiger partial charge in [0.1, 0.15) is 0 Å². The molecule has 200 valence electrons. The maximum atomic E-state index is 9.42. The Morgan fingerprint density at radius 1 is 0.941 bits per heavy atom. The van der Waals surface area contributed by atoms with Crippen LogP contribution < -0.4 is 0 Å². The van der Waals surface area contributed by atoms with Gasteiger partial charge in [0.05, 0.1) is 0 Å². The molecule has 2 rings (SSSR count). The van der Waals surface area contributed by atoms with Crippen molar-refractivity contribution in [2.45, 2.75) is 147 Å². The van der Waals surface area contributed by atoms with Crippen LogP contribution in [0.2, 0.25) is 17.7 Å². The van der Waals surface area contributed by atoms with Gasteiger partial charge in [0.25, 0.3) is 0 Å². The molecular formula is C28H54O5Sn. The second kappa shape index (κ2) is 16.1. The molecule has 2 aliphatic heterocycles. The molecule has 34 heavy (non-hydrogen) atoms. The van der Waals surface area contributed by atoms with Crippen LogP contribution in [-0.4, -0.2) is 66.9 Å². The van der Waals surface area contributed by atoms with E-state index in [0.29, 0.717) is 6.61 Å². The van der Waals surface area contributed by atoms with E-state index in [1.54, 1.807) is 0 Å². The normalized spacial score (nSPS) is 27.5. The van der Waals surface area contributed by atoms with Crippen molar-refractivity contribution in [3.05, 3.63) is 12.3 Å². The summed E-state index contributed by atoms with van der Waals surface area (Å²) in [5, 5.41) is 9.42. The Morgan fingerprint density at radius 2 is 1.59 bits per heavy atom. The predicted molar refractivity (Wildman–Crippen MR) is 143 cm³/mol. The average molecular weight is 589 g/mol. The molecule has 0 aromatic carbocycles. The minimum absolute atomic E-state index is 0.00615. The zero-order valence-electron chi connectivity index (χ0n) is 22.9. The van der Waals surface area contributed by atoms with Crippen molar-refractivity contribution < 1.29 is 24.1 Å². The van der Waals surface area contributed by atoms with E-state index >= 15 is 0 Å². The first-order valence-corrected chi connectivity index (χ1v) is 22.3. The van der Waals surface area contributed by atoms with Crippen LogP contribution in [0.25, 0.3) is 0 Å². The van der Waals surface area contributed by atoms with E-state index in [-0.39, 0.29) is 31.0 Å². The van der Waals surface area contributed by atoms with Crippen molar-refractivity contribution in [1.29, 1.82) is 0 Å². The van der Waals surface area contributed by atoms with E-state index in [4.69, 9.17) is 18.9 Å². The Morgan fingerprint density at radius 3 is 2.18 bits per heavy atom. The molecule has 4 atom stereocenters. The molecule has 0 aromatic rings. The summed E-state index contributed by atoms with van der Waals surface area (Å²) < 4.78 is 30.8. The first-order valence-electron chi connectivity index (χ1n) is 14.3. The van der Waals surface area contributed by atoms with Gasteiger partial charge in [-0.2, -0.15) is 0 Å². The first-order chi connectivity index (χ1) is 16.4. The number of aliphatic hydroxyl groups is 1. The summed E-state index contributed by atoms with van der Waals surface area (Å²) in [6, 6.07) is 0. The van der Waals surface area contributed by atoms with Gasteiger partial charge in [0.15, 0.2) is 0 Å². The zero-order valence-corrected chi connectivity index (χ0v) is 25.7. The molecule has 0 unspecified atom stereocenters. The molecule has 5 nitrogen and oxygen atoms in total. The van der Waals surface area contributed by atoms with Crippen LogP contribution in [0, 0.1) is 0 Å². The number of aliphatic hydroxyl groups excluding tert-OH is 1. The van der Waals surface area contributed by atoms with Gasteiger partial charge in [-0.05, 0) is 0 Å². The fourth-order valence-corrected chi connectivity index (χ4v) is 20.6. The maximum absolute atomic E-state index is 9.42. The molecule has 0 radical (unpaired) electrons. The molecule has 0 aliphatic carbocycles. The first kappa shape index (κ1) is 30.4. The molecule has 6 heteroatoms. The van der Waals surface area contributed by atoms with Gasteiger partial charge in [-0.3, -0.25) is 0 Å². The van der Waals surface area contributed by atoms with Crippen molar-refractivity contribution in [1.82, 2.24) is 0 Å². The Hall–Kier alpha value is 0.179. The van der Waals surface area contributed by atoms with Crippen LogP contribution in [0.15, 0.2) is 12.3 Å². The van der Waals surface area contributed by atoms with Crippen LogP contribution in [0.5, 0.6) is 0 Å². The summed E-state index contributed by atoms with van der Waals surface area (Å²) in [5.74, 6) is -0.558. The van der Waals surface area contributed by atoms with Crippen LogP contribution in [0.3, 0.4) is 0 Å². The van der Waals surface area contributed by atoms with Crippen molar-refractivity contribution in [2.75, 3.05) is 13.2 Å². The molecule has 2 aliphatic rings. The van der Waals surface area contributed by atoms with E-state index in [9.17, 15) is 5.11 Å². The minimum atomic E-state index is -2.18. The monoisotopic (exact) mass is 590 g/mol. The Kier molecular flexibility index (Phi) is 14.4. The average Bonchev–Trinajstić information content (AvgIpc) is 2.99. The van der Waals surface area contributed by atoms with Crippen molar-refractivity contribution >= 4 is 18.4 Å². The molecule has 2 heterocycles. The summed E-state index contributed by atoms with van der Waals surface area (Å²) in [5.41, 5.74) is 0. The van der Waals surface area contributed by atoms with E-state index in [2.05, 4.69) is 26.8 Å². The number of hydrogen-bond acceptors (Lipinski definition) is 5. The third-order valence-electron chi connectivity index (χ3n) is 7.67. The van der Waals surface area contributed by atoms with E-state index < -0.39 is 24.2 Å². The SMILES string of the molecule is CCC[CH2][Sn]([CH2]/C=C\O[C@@H]1CC[C@@H]2OC(C)(C)OC[C@H]2O[C@H]1CCCO)([CH2]CCC)[CH2]CCC. The van der Waals surface area contributed by atoms with Crippen LogP contribution in [0.4, 0.5) is 0 Å². The zero-order chi connectivity index (χ0) is 24.9. The summed E-state index contributed by atoms with van der Waals surface area (Å²) in [6.45, 7) is 11.7. The number of hydrogen-bond donors (Lipinski definition) is 1. The topological polar surface area (TPSA) is 57.2 Å². The molecule has 0 amide bonds. The standard InChI is InChI=1S/C16H27O5.3C4H9.Sn/c1-4-10-18-12-7-8-14-15(11-19-16(2,3)21-14)20-13(12)6-5-9-17;3*1-3-4-2;/h4,10,12-15,17H,1,5-9,11H2,2-3H3;3*1,3-4H2,2H3;/b10-4-;;;;/t12-,13+,14+,15-;;;;/m1..../s1. The van der Waals surface area contributed by atoms with Crippen molar-refractivity contribution in [3.63, 3.8) is 0 Å². The summed E-state index contributed by atoms with van der Waals surface area (Å²) >= 11 is -2.18. The molecule has 0 saturated carbocycles.